The number of hydrogen-bond acceptors (Lipinski definition) is 5. The second kappa shape index (κ2) is 11.4. The molecule has 0 bridgehead atoms. The zero-order valence-electron chi connectivity index (χ0n) is 20.5. The highest BCUT2D eigenvalue weighted by molar-refractivity contribution is 7.80. The third-order valence-electron chi connectivity index (χ3n) is 7.12. The van der Waals surface area contributed by atoms with E-state index in [1.54, 1.807) is 24.3 Å². The molecule has 2 aliphatic heterocycles. The van der Waals surface area contributed by atoms with Gasteiger partial charge in [0.1, 0.15) is 0 Å². The van der Waals surface area contributed by atoms with Crippen LogP contribution in [-0.4, -0.2) is 52.3 Å². The van der Waals surface area contributed by atoms with Gasteiger partial charge in [0.2, 0.25) is 0 Å². The van der Waals surface area contributed by atoms with E-state index in [9.17, 15) is 19.2 Å². The number of unbranched alkanes of at least 4 members (excludes halogenated alkanes) is 9. The van der Waals surface area contributed by atoms with Crippen molar-refractivity contribution in [2.45, 2.75) is 71.1 Å². The summed E-state index contributed by atoms with van der Waals surface area (Å²) >= 11 is 4.16. The van der Waals surface area contributed by atoms with Crippen LogP contribution in [0.5, 0.6) is 0 Å². The first-order chi connectivity index (χ1) is 17.0. The normalized spacial score (nSPS) is 15.0. The highest BCUT2D eigenvalue weighted by Gasteiger charge is 2.39. The summed E-state index contributed by atoms with van der Waals surface area (Å²) in [5.74, 6) is -1.16. The molecular weight excluding hydrogens is 460 g/mol. The van der Waals surface area contributed by atoms with Crippen molar-refractivity contribution in [1.29, 1.82) is 0 Å². The topological polar surface area (TPSA) is 74.8 Å². The quantitative estimate of drug-likeness (QED) is 0.214. The van der Waals surface area contributed by atoms with Crippen LogP contribution in [0.15, 0.2) is 24.3 Å². The number of amides is 4. The molecular formula is C28H34N2O4S. The number of hydrogen-bond donors (Lipinski definition) is 1. The summed E-state index contributed by atoms with van der Waals surface area (Å²) in [4.78, 5) is 55.0. The van der Waals surface area contributed by atoms with Gasteiger partial charge < -0.3 is 0 Å². The molecule has 2 aromatic carbocycles. The number of rotatable bonds is 13. The Morgan fingerprint density at radius 1 is 0.543 bits per heavy atom. The van der Waals surface area contributed by atoms with Crippen LogP contribution >= 0.6 is 12.6 Å². The Balaban J connectivity index is 1.45. The SMILES string of the molecule is CCCCCCCCCCCCN1C(=O)c2ccc3c4c(ccc(c24)C1=O)C(=O)N(CCS)C3=O. The van der Waals surface area contributed by atoms with Crippen LogP contribution in [0.25, 0.3) is 10.8 Å². The Bertz CT molecular complexity index is 1090. The highest BCUT2D eigenvalue weighted by atomic mass is 32.1. The molecule has 0 atom stereocenters. The predicted molar refractivity (Wildman–Crippen MR) is 140 cm³/mol. The minimum absolute atomic E-state index is 0.204. The van der Waals surface area contributed by atoms with Gasteiger partial charge in [-0.3, -0.25) is 29.0 Å². The first-order valence-electron chi connectivity index (χ1n) is 12.9. The van der Waals surface area contributed by atoms with Gasteiger partial charge >= 0.3 is 0 Å². The standard InChI is InChI=1S/C28H34N2O4S/c1-2-3-4-5-6-7-8-9-10-11-16-29-25(31)19-12-14-21-24-22(15-13-20(23(19)24)26(29)32)28(34)30(17-18-35)27(21)33/h12-15,35H,2-11,16-18H2,1H3. The maximum atomic E-state index is 13.3. The fraction of sp³-hybridized carbons (Fsp3) is 0.500. The van der Waals surface area contributed by atoms with Gasteiger partial charge in [-0.15, -0.1) is 0 Å². The van der Waals surface area contributed by atoms with Crippen molar-refractivity contribution in [3.8, 4) is 0 Å². The molecule has 0 N–H and O–H groups in total. The maximum absolute atomic E-state index is 13.3. The summed E-state index contributed by atoms with van der Waals surface area (Å²) in [6.45, 7) is 2.81. The fourth-order valence-electron chi connectivity index (χ4n) is 5.24. The zero-order valence-corrected chi connectivity index (χ0v) is 21.4. The Morgan fingerprint density at radius 3 is 1.26 bits per heavy atom. The lowest BCUT2D eigenvalue weighted by molar-refractivity contribution is 0.0591. The van der Waals surface area contributed by atoms with E-state index < -0.39 is 11.8 Å². The third-order valence-corrected chi connectivity index (χ3v) is 7.32. The van der Waals surface area contributed by atoms with Gasteiger partial charge in [0, 0.05) is 51.9 Å². The van der Waals surface area contributed by atoms with Crippen molar-refractivity contribution >= 4 is 47.0 Å². The van der Waals surface area contributed by atoms with Crippen molar-refractivity contribution < 1.29 is 19.2 Å². The minimum atomic E-state index is -0.409. The summed E-state index contributed by atoms with van der Waals surface area (Å²) in [5, 5.41) is 0.854. The highest BCUT2D eigenvalue weighted by Crippen LogP contribution is 2.37. The number of carbonyl (C=O) groups is 4. The van der Waals surface area contributed by atoms with E-state index >= 15 is 0 Å². The minimum Gasteiger partial charge on any atom is -0.274 e. The number of carbonyl (C=O) groups excluding carboxylic acids is 4. The van der Waals surface area contributed by atoms with Crippen molar-refractivity contribution in [3.05, 3.63) is 46.5 Å². The van der Waals surface area contributed by atoms with E-state index in [0.717, 1.165) is 19.3 Å². The second-order valence-electron chi connectivity index (χ2n) is 9.50. The maximum Gasteiger partial charge on any atom is 0.261 e. The second-order valence-corrected chi connectivity index (χ2v) is 9.95. The van der Waals surface area contributed by atoms with Gasteiger partial charge in [-0.05, 0) is 30.7 Å². The molecule has 0 aliphatic carbocycles. The number of imide groups is 2. The van der Waals surface area contributed by atoms with E-state index in [1.807, 2.05) is 0 Å². The van der Waals surface area contributed by atoms with Gasteiger partial charge in [-0.2, -0.15) is 12.6 Å². The smallest absolute Gasteiger partial charge is 0.261 e. The average molecular weight is 495 g/mol. The summed E-state index contributed by atoms with van der Waals surface area (Å²) in [6.07, 6.45) is 11.8. The van der Waals surface area contributed by atoms with Gasteiger partial charge in [-0.25, -0.2) is 0 Å². The molecule has 0 unspecified atom stereocenters. The summed E-state index contributed by atoms with van der Waals surface area (Å²) < 4.78 is 0. The summed E-state index contributed by atoms with van der Waals surface area (Å²) in [7, 11) is 0. The van der Waals surface area contributed by atoms with Crippen molar-refractivity contribution in [1.82, 2.24) is 9.80 Å². The summed E-state index contributed by atoms with van der Waals surface area (Å²) in [6, 6.07) is 6.46. The van der Waals surface area contributed by atoms with Crippen LogP contribution in [0.4, 0.5) is 0 Å². The molecule has 2 aromatic rings. The molecule has 6 nitrogen and oxygen atoms in total. The number of benzene rings is 2. The molecule has 0 spiro atoms. The first kappa shape index (κ1) is 25.4. The molecule has 0 fully saturated rings. The van der Waals surface area contributed by atoms with Gasteiger partial charge in [0.15, 0.2) is 0 Å². The van der Waals surface area contributed by atoms with Gasteiger partial charge in [0.05, 0.1) is 0 Å². The van der Waals surface area contributed by atoms with E-state index in [-0.39, 0.29) is 18.4 Å². The van der Waals surface area contributed by atoms with Gasteiger partial charge in [-0.1, -0.05) is 64.7 Å². The van der Waals surface area contributed by atoms with Gasteiger partial charge in [0.25, 0.3) is 23.6 Å². The largest absolute Gasteiger partial charge is 0.274 e. The molecule has 4 rings (SSSR count). The molecule has 2 aliphatic rings. The molecule has 0 saturated carbocycles. The van der Waals surface area contributed by atoms with E-state index in [4.69, 9.17) is 0 Å². The molecule has 0 saturated heterocycles. The summed E-state index contributed by atoms with van der Waals surface area (Å²) in [5.41, 5.74) is 1.47. The Morgan fingerprint density at radius 2 is 0.886 bits per heavy atom. The van der Waals surface area contributed by atoms with E-state index in [1.165, 1.54) is 54.7 Å². The lowest BCUT2D eigenvalue weighted by Gasteiger charge is -2.31. The monoisotopic (exact) mass is 494 g/mol. The van der Waals surface area contributed by atoms with Crippen LogP contribution in [0.1, 0.15) is 113 Å². The van der Waals surface area contributed by atoms with Crippen molar-refractivity contribution in [2.75, 3.05) is 18.8 Å². The number of nitrogens with zero attached hydrogens (tertiary/aromatic N) is 2. The Labute approximate surface area is 212 Å². The Hall–Kier alpha value is -2.67. The van der Waals surface area contributed by atoms with Crippen molar-refractivity contribution in [2.24, 2.45) is 0 Å². The van der Waals surface area contributed by atoms with Crippen molar-refractivity contribution in [3.63, 3.8) is 0 Å². The molecule has 186 valence electrons. The Kier molecular flexibility index (Phi) is 8.26. The molecule has 0 radical (unpaired) electrons. The zero-order chi connectivity index (χ0) is 24.9. The molecule has 7 heteroatoms. The average Bonchev–Trinajstić information content (AvgIpc) is 2.86. The molecule has 2 heterocycles. The molecule has 35 heavy (non-hydrogen) atoms. The van der Waals surface area contributed by atoms with E-state index in [0.29, 0.717) is 45.3 Å². The predicted octanol–water partition coefficient (Wildman–Crippen LogP) is 5.88. The number of thiol groups is 1. The van der Waals surface area contributed by atoms with Crippen LogP contribution in [-0.2, 0) is 0 Å². The third kappa shape index (κ3) is 4.88. The van der Waals surface area contributed by atoms with Crippen LogP contribution < -0.4 is 0 Å². The fourth-order valence-corrected chi connectivity index (χ4v) is 5.44. The van der Waals surface area contributed by atoms with Crippen LogP contribution in [0.3, 0.4) is 0 Å². The molecule has 4 amide bonds. The lowest BCUT2D eigenvalue weighted by Crippen LogP contribution is -2.44. The molecule has 0 aromatic heterocycles. The first-order valence-corrected chi connectivity index (χ1v) is 13.6. The van der Waals surface area contributed by atoms with Crippen LogP contribution in [0, 0.1) is 0 Å². The van der Waals surface area contributed by atoms with Crippen LogP contribution in [0.2, 0.25) is 0 Å². The van der Waals surface area contributed by atoms with E-state index in [2.05, 4.69) is 19.6 Å². The lowest BCUT2D eigenvalue weighted by atomic mass is 9.86.